The van der Waals surface area contributed by atoms with Crippen molar-refractivity contribution in [1.82, 2.24) is 0 Å². The maximum absolute atomic E-state index is 5.42. The van der Waals surface area contributed by atoms with Gasteiger partial charge in [-0.2, -0.15) is 0 Å². The van der Waals surface area contributed by atoms with Crippen LogP contribution in [-0.4, -0.2) is 0 Å². The quantitative estimate of drug-likeness (QED) is 0.598. The van der Waals surface area contributed by atoms with Gasteiger partial charge in [0.1, 0.15) is 5.76 Å². The second-order valence-corrected chi connectivity index (χ2v) is 3.73. The van der Waals surface area contributed by atoms with E-state index in [0.717, 1.165) is 15.9 Å². The Labute approximate surface area is 81.3 Å². The highest BCUT2D eigenvalue weighted by atomic mass is 127. The highest BCUT2D eigenvalue weighted by Crippen LogP contribution is 2.12. The average Bonchev–Trinajstić information content (AvgIpc) is 2.37. The molecule has 0 spiro atoms. The van der Waals surface area contributed by atoms with Crippen LogP contribution in [0.15, 0.2) is 16.5 Å². The van der Waals surface area contributed by atoms with Crippen LogP contribution >= 0.6 is 22.6 Å². The summed E-state index contributed by atoms with van der Waals surface area (Å²) in [6, 6.07) is 4.08. The second-order valence-electron chi connectivity index (χ2n) is 2.66. The summed E-state index contributed by atoms with van der Waals surface area (Å²) in [5.41, 5.74) is 0. The predicted molar refractivity (Wildman–Crippen MR) is 54.7 cm³/mol. The molecule has 11 heavy (non-hydrogen) atoms. The molecular formula is C9H13IO. The molecule has 0 unspecified atom stereocenters. The molecule has 0 atom stereocenters. The molecule has 0 bridgehead atoms. The Morgan fingerprint density at radius 2 is 2.18 bits per heavy atom. The molecule has 2 heteroatoms. The van der Waals surface area contributed by atoms with E-state index < -0.39 is 0 Å². The number of hydrogen-bond donors (Lipinski definition) is 0. The van der Waals surface area contributed by atoms with Crippen molar-refractivity contribution in [2.45, 2.75) is 32.6 Å². The number of unbranched alkanes of at least 4 members (excludes halogenated alkanes) is 2. The number of halogens is 1. The molecule has 0 saturated heterocycles. The van der Waals surface area contributed by atoms with Crippen molar-refractivity contribution in [3.05, 3.63) is 21.7 Å². The van der Waals surface area contributed by atoms with Crippen LogP contribution in [0.3, 0.4) is 0 Å². The van der Waals surface area contributed by atoms with E-state index >= 15 is 0 Å². The summed E-state index contributed by atoms with van der Waals surface area (Å²) in [7, 11) is 0. The molecule has 1 heterocycles. The first-order chi connectivity index (χ1) is 5.33. The summed E-state index contributed by atoms with van der Waals surface area (Å²) >= 11 is 2.20. The highest BCUT2D eigenvalue weighted by molar-refractivity contribution is 14.1. The van der Waals surface area contributed by atoms with E-state index in [0.29, 0.717) is 0 Å². The van der Waals surface area contributed by atoms with Crippen LogP contribution in [0, 0.1) is 3.77 Å². The van der Waals surface area contributed by atoms with E-state index in [1.54, 1.807) is 0 Å². The van der Waals surface area contributed by atoms with Crippen LogP contribution in [0.5, 0.6) is 0 Å². The largest absolute Gasteiger partial charge is 0.455 e. The molecule has 0 aromatic carbocycles. The van der Waals surface area contributed by atoms with Crippen molar-refractivity contribution in [2.75, 3.05) is 0 Å². The van der Waals surface area contributed by atoms with Gasteiger partial charge < -0.3 is 4.42 Å². The Morgan fingerprint density at radius 1 is 1.36 bits per heavy atom. The highest BCUT2D eigenvalue weighted by Gasteiger charge is 1.97. The minimum absolute atomic E-state index is 0.995. The van der Waals surface area contributed by atoms with E-state index in [1.165, 1.54) is 19.3 Å². The van der Waals surface area contributed by atoms with Crippen molar-refractivity contribution >= 4 is 22.6 Å². The minimum Gasteiger partial charge on any atom is -0.455 e. The molecule has 0 aliphatic carbocycles. The smallest absolute Gasteiger partial charge is 0.163 e. The van der Waals surface area contributed by atoms with Gasteiger partial charge in [0.05, 0.1) is 0 Å². The van der Waals surface area contributed by atoms with Crippen molar-refractivity contribution in [3.8, 4) is 0 Å². The van der Waals surface area contributed by atoms with Crippen LogP contribution in [0.2, 0.25) is 0 Å². The van der Waals surface area contributed by atoms with E-state index in [-0.39, 0.29) is 0 Å². The normalized spacial score (nSPS) is 10.4. The molecule has 1 nitrogen and oxygen atoms in total. The zero-order valence-corrected chi connectivity index (χ0v) is 8.93. The number of hydrogen-bond acceptors (Lipinski definition) is 1. The molecule has 0 aliphatic heterocycles. The molecule has 0 radical (unpaired) electrons. The van der Waals surface area contributed by atoms with E-state index in [2.05, 4.69) is 35.6 Å². The van der Waals surface area contributed by atoms with Crippen LogP contribution in [0.4, 0.5) is 0 Å². The molecule has 1 aromatic rings. The van der Waals surface area contributed by atoms with Crippen molar-refractivity contribution in [1.29, 1.82) is 0 Å². The molecule has 0 amide bonds. The first kappa shape index (κ1) is 9.10. The molecule has 0 fully saturated rings. The Morgan fingerprint density at radius 3 is 2.73 bits per heavy atom. The average molecular weight is 264 g/mol. The number of rotatable bonds is 4. The second kappa shape index (κ2) is 4.80. The number of furan rings is 1. The van der Waals surface area contributed by atoms with Gasteiger partial charge in [-0.15, -0.1) is 0 Å². The first-order valence-corrected chi connectivity index (χ1v) is 5.15. The standard InChI is InChI=1S/C9H13IO/c1-2-3-4-5-8-6-7-9(10)11-8/h6-7H,2-5H2,1H3. The van der Waals surface area contributed by atoms with Crippen LogP contribution < -0.4 is 0 Å². The van der Waals surface area contributed by atoms with E-state index in [1.807, 2.05) is 6.07 Å². The summed E-state index contributed by atoms with van der Waals surface area (Å²) in [6.45, 7) is 2.21. The van der Waals surface area contributed by atoms with Crippen LogP contribution in [0.1, 0.15) is 31.9 Å². The molecular weight excluding hydrogens is 251 g/mol. The summed E-state index contributed by atoms with van der Waals surface area (Å²) < 4.78 is 6.41. The van der Waals surface area contributed by atoms with Gasteiger partial charge in [0, 0.05) is 6.42 Å². The van der Waals surface area contributed by atoms with Gasteiger partial charge in [0.15, 0.2) is 3.77 Å². The molecule has 0 N–H and O–H groups in total. The van der Waals surface area contributed by atoms with Gasteiger partial charge in [-0.25, -0.2) is 0 Å². The van der Waals surface area contributed by atoms with Crippen molar-refractivity contribution < 1.29 is 4.42 Å². The predicted octanol–water partition coefficient (Wildman–Crippen LogP) is 3.62. The first-order valence-electron chi connectivity index (χ1n) is 4.07. The lowest BCUT2D eigenvalue weighted by Crippen LogP contribution is -1.80. The zero-order chi connectivity index (χ0) is 8.10. The SMILES string of the molecule is CCCCCc1ccc(I)o1. The monoisotopic (exact) mass is 264 g/mol. The third-order valence-corrected chi connectivity index (χ3v) is 2.24. The molecule has 1 aromatic heterocycles. The van der Waals surface area contributed by atoms with Gasteiger partial charge in [-0.3, -0.25) is 0 Å². The fourth-order valence-corrected chi connectivity index (χ4v) is 1.50. The summed E-state index contributed by atoms with van der Waals surface area (Å²) in [5, 5.41) is 0. The van der Waals surface area contributed by atoms with E-state index in [9.17, 15) is 0 Å². The van der Waals surface area contributed by atoms with Gasteiger partial charge >= 0.3 is 0 Å². The molecule has 0 aliphatic rings. The summed E-state index contributed by atoms with van der Waals surface area (Å²) in [6.07, 6.45) is 4.92. The summed E-state index contributed by atoms with van der Waals surface area (Å²) in [4.78, 5) is 0. The van der Waals surface area contributed by atoms with Gasteiger partial charge in [0.25, 0.3) is 0 Å². The Kier molecular flexibility index (Phi) is 3.97. The third kappa shape index (κ3) is 3.27. The lowest BCUT2D eigenvalue weighted by molar-refractivity contribution is 0.475. The van der Waals surface area contributed by atoms with Crippen molar-refractivity contribution in [3.63, 3.8) is 0 Å². The van der Waals surface area contributed by atoms with Gasteiger partial charge in [-0.1, -0.05) is 19.8 Å². The van der Waals surface area contributed by atoms with Gasteiger partial charge in [0.2, 0.25) is 0 Å². The molecule has 1 rings (SSSR count). The Bertz CT molecular complexity index is 205. The Hall–Kier alpha value is 0.01000. The maximum Gasteiger partial charge on any atom is 0.163 e. The fourth-order valence-electron chi connectivity index (χ4n) is 1.04. The van der Waals surface area contributed by atoms with Crippen LogP contribution in [0.25, 0.3) is 0 Å². The van der Waals surface area contributed by atoms with Crippen LogP contribution in [-0.2, 0) is 6.42 Å². The molecule has 0 saturated carbocycles. The van der Waals surface area contributed by atoms with Crippen molar-refractivity contribution in [2.24, 2.45) is 0 Å². The zero-order valence-electron chi connectivity index (χ0n) is 6.77. The van der Waals surface area contributed by atoms with Gasteiger partial charge in [-0.05, 0) is 41.1 Å². The topological polar surface area (TPSA) is 13.1 Å². The molecule has 62 valence electrons. The number of aryl methyl sites for hydroxylation is 1. The lowest BCUT2D eigenvalue weighted by atomic mass is 10.2. The fraction of sp³-hybridized carbons (Fsp3) is 0.556. The Balaban J connectivity index is 2.27. The lowest BCUT2D eigenvalue weighted by Gasteiger charge is -1.93. The summed E-state index contributed by atoms with van der Waals surface area (Å²) in [5.74, 6) is 1.13. The van der Waals surface area contributed by atoms with E-state index in [4.69, 9.17) is 4.42 Å². The maximum atomic E-state index is 5.42. The third-order valence-electron chi connectivity index (χ3n) is 1.66. The minimum atomic E-state index is 0.995.